The molecule has 0 saturated carbocycles. The van der Waals surface area contributed by atoms with E-state index >= 15 is 0 Å². The van der Waals surface area contributed by atoms with Gasteiger partial charge in [-0.3, -0.25) is 4.99 Å². The van der Waals surface area contributed by atoms with Crippen molar-refractivity contribution in [1.82, 2.24) is 0 Å². The number of allylic oxidation sites excluding steroid dienone is 3. The van der Waals surface area contributed by atoms with Gasteiger partial charge in [0.15, 0.2) is 0 Å². The van der Waals surface area contributed by atoms with Gasteiger partial charge in [0.1, 0.15) is 0 Å². The Hall–Kier alpha value is -1.11. The summed E-state index contributed by atoms with van der Waals surface area (Å²) in [5.74, 6) is 0. The lowest BCUT2D eigenvalue weighted by atomic mass is 9.92. The highest BCUT2D eigenvalue weighted by atomic mass is 14.7. The minimum absolute atomic E-state index is 0.874. The fourth-order valence-electron chi connectivity index (χ4n) is 1.47. The van der Waals surface area contributed by atoms with Crippen molar-refractivity contribution in [3.05, 3.63) is 35.5 Å². The lowest BCUT2D eigenvalue weighted by Gasteiger charge is -2.17. The van der Waals surface area contributed by atoms with E-state index in [2.05, 4.69) is 23.7 Å². The van der Waals surface area contributed by atoms with Gasteiger partial charge in [-0.05, 0) is 17.6 Å². The number of hydrogen-bond donors (Lipinski definition) is 0. The lowest BCUT2D eigenvalue weighted by Crippen LogP contribution is -2.05. The molecule has 0 bridgehead atoms. The van der Waals surface area contributed by atoms with E-state index in [1.165, 1.54) is 16.7 Å². The fraction of sp³-hybridized carbons (Fsp3) is 0.300. The standard InChI is InChI=1S/C10H11N/c1-8-2-3-10-7-11-5-4-9(10)6-8/h3,5-6H,1-2,4,7H2. The van der Waals surface area contributed by atoms with Gasteiger partial charge >= 0.3 is 0 Å². The highest BCUT2D eigenvalue weighted by Gasteiger charge is 2.11. The largest absolute Gasteiger partial charge is 0.292 e. The predicted molar refractivity (Wildman–Crippen MR) is 47.9 cm³/mol. The van der Waals surface area contributed by atoms with Gasteiger partial charge in [0, 0.05) is 12.6 Å². The Kier molecular flexibility index (Phi) is 1.50. The molecule has 1 aliphatic carbocycles. The molecular formula is C10H11N. The van der Waals surface area contributed by atoms with Crippen molar-refractivity contribution in [3.63, 3.8) is 0 Å². The highest BCUT2D eigenvalue weighted by Crippen LogP contribution is 2.25. The zero-order valence-corrected chi connectivity index (χ0v) is 6.51. The molecule has 0 spiro atoms. The number of hydrogen-bond acceptors (Lipinski definition) is 1. The van der Waals surface area contributed by atoms with E-state index in [0.717, 1.165) is 19.4 Å². The van der Waals surface area contributed by atoms with Gasteiger partial charge in [-0.15, -0.1) is 0 Å². The van der Waals surface area contributed by atoms with Crippen LogP contribution in [0, 0.1) is 0 Å². The van der Waals surface area contributed by atoms with E-state index in [4.69, 9.17) is 0 Å². The zero-order chi connectivity index (χ0) is 7.68. The highest BCUT2D eigenvalue weighted by molar-refractivity contribution is 5.68. The van der Waals surface area contributed by atoms with Crippen LogP contribution >= 0.6 is 0 Å². The van der Waals surface area contributed by atoms with Crippen LogP contribution in [-0.4, -0.2) is 12.8 Å². The molecular weight excluding hydrogens is 134 g/mol. The van der Waals surface area contributed by atoms with E-state index in [9.17, 15) is 0 Å². The van der Waals surface area contributed by atoms with E-state index < -0.39 is 0 Å². The molecule has 0 aromatic rings. The lowest BCUT2D eigenvalue weighted by molar-refractivity contribution is 1.03. The molecule has 0 fully saturated rings. The van der Waals surface area contributed by atoms with Crippen molar-refractivity contribution in [3.8, 4) is 0 Å². The van der Waals surface area contributed by atoms with Crippen molar-refractivity contribution < 1.29 is 0 Å². The first-order chi connectivity index (χ1) is 5.36. The first-order valence-corrected chi connectivity index (χ1v) is 3.92. The summed E-state index contributed by atoms with van der Waals surface area (Å²) in [6.45, 7) is 4.81. The minimum Gasteiger partial charge on any atom is -0.292 e. The quantitative estimate of drug-likeness (QED) is 0.496. The maximum atomic E-state index is 4.22. The monoisotopic (exact) mass is 145 g/mol. The summed E-state index contributed by atoms with van der Waals surface area (Å²) in [5, 5.41) is 0. The van der Waals surface area contributed by atoms with Gasteiger partial charge in [0.25, 0.3) is 0 Å². The average Bonchev–Trinajstić information content (AvgIpc) is 2.04. The third kappa shape index (κ3) is 1.18. The molecule has 0 atom stereocenters. The van der Waals surface area contributed by atoms with Crippen molar-refractivity contribution in [2.24, 2.45) is 4.99 Å². The minimum atomic E-state index is 0.874. The average molecular weight is 145 g/mol. The predicted octanol–water partition coefficient (Wildman–Crippen LogP) is 2.27. The van der Waals surface area contributed by atoms with Crippen LogP contribution in [0.5, 0.6) is 0 Å². The molecule has 0 saturated heterocycles. The molecule has 1 nitrogen and oxygen atoms in total. The summed E-state index contributed by atoms with van der Waals surface area (Å²) >= 11 is 0. The Morgan fingerprint density at radius 3 is 3.09 bits per heavy atom. The normalized spacial score (nSPS) is 22.4. The van der Waals surface area contributed by atoms with E-state index in [1.807, 2.05) is 6.21 Å². The number of rotatable bonds is 0. The fourth-order valence-corrected chi connectivity index (χ4v) is 1.47. The number of fused-ring (bicyclic) bond motifs is 1. The zero-order valence-electron chi connectivity index (χ0n) is 6.51. The van der Waals surface area contributed by atoms with Crippen molar-refractivity contribution >= 4 is 6.21 Å². The number of nitrogens with zero attached hydrogens (tertiary/aromatic N) is 1. The van der Waals surface area contributed by atoms with E-state index in [0.29, 0.717) is 0 Å². The molecule has 11 heavy (non-hydrogen) atoms. The van der Waals surface area contributed by atoms with Crippen LogP contribution in [0.25, 0.3) is 0 Å². The maximum absolute atomic E-state index is 4.22. The summed E-state index contributed by atoms with van der Waals surface area (Å²) in [5.41, 5.74) is 4.04. The maximum Gasteiger partial charge on any atom is 0.0635 e. The SMILES string of the molecule is C=C1C=C2CC=NCC2=CC1. The van der Waals surface area contributed by atoms with Crippen LogP contribution in [-0.2, 0) is 0 Å². The third-order valence-corrected chi connectivity index (χ3v) is 2.10. The molecule has 2 rings (SSSR count). The molecule has 0 unspecified atom stereocenters. The van der Waals surface area contributed by atoms with Gasteiger partial charge in [-0.25, -0.2) is 0 Å². The Morgan fingerprint density at radius 2 is 2.18 bits per heavy atom. The molecule has 1 heteroatoms. The Labute approximate surface area is 66.8 Å². The second kappa shape index (κ2) is 2.50. The van der Waals surface area contributed by atoms with E-state index in [-0.39, 0.29) is 0 Å². The van der Waals surface area contributed by atoms with Crippen LogP contribution in [0.2, 0.25) is 0 Å². The number of aliphatic imine (C=N–C) groups is 1. The summed E-state index contributed by atoms with van der Waals surface area (Å²) in [7, 11) is 0. The first kappa shape index (κ1) is 6.59. The molecule has 0 aromatic heterocycles. The van der Waals surface area contributed by atoms with Crippen molar-refractivity contribution in [1.29, 1.82) is 0 Å². The van der Waals surface area contributed by atoms with Gasteiger partial charge in [0.2, 0.25) is 0 Å². The van der Waals surface area contributed by atoms with Crippen LogP contribution < -0.4 is 0 Å². The third-order valence-electron chi connectivity index (χ3n) is 2.10. The van der Waals surface area contributed by atoms with Crippen LogP contribution in [0.15, 0.2) is 40.4 Å². The van der Waals surface area contributed by atoms with Crippen molar-refractivity contribution in [2.45, 2.75) is 12.8 Å². The molecule has 0 aromatic carbocycles. The molecule has 56 valence electrons. The molecule has 1 heterocycles. The summed E-state index contributed by atoms with van der Waals surface area (Å²) < 4.78 is 0. The van der Waals surface area contributed by atoms with Gasteiger partial charge < -0.3 is 0 Å². The van der Waals surface area contributed by atoms with Crippen LogP contribution in [0.4, 0.5) is 0 Å². The smallest absolute Gasteiger partial charge is 0.0635 e. The molecule has 0 amide bonds. The summed E-state index contributed by atoms with van der Waals surface area (Å²) in [6.07, 6.45) is 8.43. The molecule has 0 radical (unpaired) electrons. The Balaban J connectivity index is 2.35. The molecule has 1 aliphatic heterocycles. The first-order valence-electron chi connectivity index (χ1n) is 3.92. The van der Waals surface area contributed by atoms with Crippen molar-refractivity contribution in [2.75, 3.05) is 6.54 Å². The topological polar surface area (TPSA) is 12.4 Å². The second-order valence-electron chi connectivity index (χ2n) is 2.99. The van der Waals surface area contributed by atoms with Crippen LogP contribution in [0.3, 0.4) is 0 Å². The molecule has 2 aliphatic rings. The Bertz CT molecular complexity index is 279. The second-order valence-corrected chi connectivity index (χ2v) is 2.99. The van der Waals surface area contributed by atoms with Gasteiger partial charge in [0.05, 0.1) is 6.54 Å². The van der Waals surface area contributed by atoms with E-state index in [1.54, 1.807) is 0 Å². The summed E-state index contributed by atoms with van der Waals surface area (Å²) in [4.78, 5) is 4.22. The van der Waals surface area contributed by atoms with Gasteiger partial charge in [-0.1, -0.05) is 24.3 Å². The molecule has 0 N–H and O–H groups in total. The summed E-state index contributed by atoms with van der Waals surface area (Å²) in [6, 6.07) is 0. The van der Waals surface area contributed by atoms with Crippen LogP contribution in [0.1, 0.15) is 12.8 Å². The van der Waals surface area contributed by atoms with Gasteiger partial charge in [-0.2, -0.15) is 0 Å². The Morgan fingerprint density at radius 1 is 1.27 bits per heavy atom.